The Hall–Kier alpha value is -4.78. The molecule has 1 fully saturated rings. The van der Waals surface area contributed by atoms with Crippen molar-refractivity contribution in [1.82, 2.24) is 10.7 Å². The number of ether oxygens (including phenoxy) is 1. The molecule has 0 saturated carbocycles. The van der Waals surface area contributed by atoms with Crippen LogP contribution in [0.5, 0.6) is 5.75 Å². The van der Waals surface area contributed by atoms with E-state index in [1.807, 2.05) is 61.5 Å². The smallest absolute Gasteiger partial charge is 0.406 e. The van der Waals surface area contributed by atoms with Gasteiger partial charge >= 0.3 is 12.4 Å². The largest absolute Gasteiger partial charge is 0.573 e. The Morgan fingerprint density at radius 2 is 1.87 bits per heavy atom. The first-order chi connectivity index (χ1) is 22.0. The average molecular weight is 651 g/mol. The summed E-state index contributed by atoms with van der Waals surface area (Å²) in [5, 5.41) is 4.89. The van der Waals surface area contributed by atoms with Gasteiger partial charge in [0.25, 0.3) is 0 Å². The van der Waals surface area contributed by atoms with Gasteiger partial charge in [-0.3, -0.25) is 20.1 Å². The molecule has 2 heterocycles. The lowest BCUT2D eigenvalue weighted by atomic mass is 9.99. The van der Waals surface area contributed by atoms with Gasteiger partial charge in [0.2, 0.25) is 5.91 Å². The summed E-state index contributed by atoms with van der Waals surface area (Å²) in [4.78, 5) is 35.6. The van der Waals surface area contributed by atoms with Gasteiger partial charge in [-0.25, -0.2) is 9.79 Å². The monoisotopic (exact) mass is 650 g/mol. The van der Waals surface area contributed by atoms with E-state index in [1.165, 1.54) is 36.0 Å². The first kappa shape index (κ1) is 32.6. The molecular formula is C33H33F3N6O3S. The molecule has 2 N–H and O–H groups in total. The van der Waals surface area contributed by atoms with E-state index < -0.39 is 12.4 Å². The van der Waals surface area contributed by atoms with Gasteiger partial charge in [-0.05, 0) is 66.3 Å². The lowest BCUT2D eigenvalue weighted by Gasteiger charge is -2.22. The molecule has 2 aliphatic heterocycles. The Kier molecular flexibility index (Phi) is 10.0. The van der Waals surface area contributed by atoms with Crippen LogP contribution in [0.3, 0.4) is 0 Å². The lowest BCUT2D eigenvalue weighted by Crippen LogP contribution is -2.36. The number of hydrogen-bond acceptors (Lipinski definition) is 7. The van der Waals surface area contributed by atoms with Gasteiger partial charge in [0.15, 0.2) is 5.17 Å². The number of halogens is 3. The summed E-state index contributed by atoms with van der Waals surface area (Å²) in [7, 11) is 0. The molecule has 3 aromatic rings. The zero-order valence-electron chi connectivity index (χ0n) is 25.5. The number of anilines is 2. The normalized spacial score (nSPS) is 16.0. The quantitative estimate of drug-likeness (QED) is 0.242. The molecule has 46 heavy (non-hydrogen) atoms. The maximum atomic E-state index is 12.7. The number of urea groups is 1. The van der Waals surface area contributed by atoms with E-state index in [1.54, 1.807) is 9.91 Å². The van der Waals surface area contributed by atoms with Crippen LogP contribution in [0.1, 0.15) is 48.4 Å². The number of aryl methyl sites for hydroxylation is 1. The highest BCUT2D eigenvalue weighted by molar-refractivity contribution is 8.15. The van der Waals surface area contributed by atoms with Crippen LogP contribution >= 0.6 is 11.8 Å². The van der Waals surface area contributed by atoms with Crippen LogP contribution in [0.2, 0.25) is 0 Å². The standard InChI is InChI=1S/C33H33F3N6O3S/c1-21(2)27-16-7-22(3)18-28(27)42-29(43)19-46-32(42)39-31(44)37-17-5-4-6-23-8-10-24(11-9-23)30-38-20-41(40-30)25-12-14-26(15-13-25)45-33(34,35)36/h4,6-16,18,21H,5,17,19-20H2,1-3H3,(H,37,44)(H,38,40)/b6-4+,39-32?. The van der Waals surface area contributed by atoms with Crippen molar-refractivity contribution in [2.75, 3.05) is 28.9 Å². The van der Waals surface area contributed by atoms with Crippen LogP contribution in [-0.2, 0) is 4.79 Å². The second-order valence-electron chi connectivity index (χ2n) is 10.9. The fraction of sp³-hybridized carbons (Fsp3) is 0.273. The second kappa shape index (κ2) is 14.1. The van der Waals surface area contributed by atoms with Crippen molar-refractivity contribution in [2.24, 2.45) is 9.98 Å². The molecule has 2 aliphatic rings. The number of carbonyl (C=O) groups excluding carboxylic acids is 2. The molecule has 0 aromatic heterocycles. The molecule has 9 nitrogen and oxygen atoms in total. The number of aliphatic imine (C=N–C) groups is 2. The molecule has 0 bridgehead atoms. The van der Waals surface area contributed by atoms with E-state index in [0.717, 1.165) is 27.9 Å². The Morgan fingerprint density at radius 1 is 1.13 bits per heavy atom. The number of nitrogens with one attached hydrogen (secondary N) is 2. The van der Waals surface area contributed by atoms with Gasteiger partial charge in [0.05, 0.1) is 17.1 Å². The molecule has 5 rings (SSSR count). The van der Waals surface area contributed by atoms with Gasteiger partial charge < -0.3 is 10.1 Å². The number of thioether (sulfide) groups is 1. The van der Waals surface area contributed by atoms with Crippen molar-refractivity contribution >= 4 is 52.2 Å². The zero-order valence-corrected chi connectivity index (χ0v) is 26.3. The van der Waals surface area contributed by atoms with E-state index in [4.69, 9.17) is 0 Å². The summed E-state index contributed by atoms with van der Waals surface area (Å²) < 4.78 is 41.1. The number of hydrazine groups is 1. The Morgan fingerprint density at radius 3 is 2.57 bits per heavy atom. The zero-order chi connectivity index (χ0) is 32.8. The number of alkyl halides is 3. The first-order valence-electron chi connectivity index (χ1n) is 14.6. The van der Waals surface area contributed by atoms with Crippen LogP contribution in [-0.4, -0.2) is 48.3 Å². The molecule has 1 saturated heterocycles. The number of amidine groups is 2. The highest BCUT2D eigenvalue weighted by Crippen LogP contribution is 2.34. The highest BCUT2D eigenvalue weighted by Gasteiger charge is 2.33. The van der Waals surface area contributed by atoms with Crippen molar-refractivity contribution in [3.63, 3.8) is 0 Å². The van der Waals surface area contributed by atoms with E-state index in [-0.39, 0.29) is 23.3 Å². The minimum Gasteiger partial charge on any atom is -0.406 e. The molecule has 0 atom stereocenters. The fourth-order valence-electron chi connectivity index (χ4n) is 4.85. The predicted molar refractivity (Wildman–Crippen MR) is 176 cm³/mol. The fourth-order valence-corrected chi connectivity index (χ4v) is 5.71. The maximum Gasteiger partial charge on any atom is 0.573 e. The molecule has 3 amide bonds. The third-order valence-corrected chi connectivity index (χ3v) is 8.01. The third-order valence-electron chi connectivity index (χ3n) is 7.09. The number of amides is 3. The molecule has 3 aromatic carbocycles. The van der Waals surface area contributed by atoms with Gasteiger partial charge in [0, 0.05) is 12.1 Å². The predicted octanol–water partition coefficient (Wildman–Crippen LogP) is 6.99. The van der Waals surface area contributed by atoms with Crippen LogP contribution < -0.4 is 25.4 Å². The highest BCUT2D eigenvalue weighted by atomic mass is 32.2. The molecule has 0 radical (unpaired) electrons. The van der Waals surface area contributed by atoms with Crippen molar-refractivity contribution in [3.8, 4) is 5.75 Å². The van der Waals surface area contributed by atoms with Crippen molar-refractivity contribution in [2.45, 2.75) is 39.5 Å². The summed E-state index contributed by atoms with van der Waals surface area (Å²) >= 11 is 1.26. The van der Waals surface area contributed by atoms with Crippen LogP contribution in [0.15, 0.2) is 82.8 Å². The number of benzene rings is 3. The SMILES string of the molecule is Cc1ccc(C(C)C)c(N2C(=O)CSC2=NC(=O)NCC/C=C/c2ccc(C3=NCN(c4ccc(OC(F)(F)F)cc4)N3)cc2)c1. The summed E-state index contributed by atoms with van der Waals surface area (Å²) in [5.41, 5.74) is 8.43. The minimum atomic E-state index is -4.74. The number of rotatable bonds is 9. The van der Waals surface area contributed by atoms with Gasteiger partial charge in [-0.15, -0.1) is 13.2 Å². The van der Waals surface area contributed by atoms with Crippen molar-refractivity contribution < 1.29 is 27.5 Å². The lowest BCUT2D eigenvalue weighted by molar-refractivity contribution is -0.274. The van der Waals surface area contributed by atoms with E-state index in [2.05, 4.69) is 39.3 Å². The minimum absolute atomic E-state index is 0.0979. The number of hydrogen-bond donors (Lipinski definition) is 2. The molecular weight excluding hydrogens is 617 g/mol. The van der Waals surface area contributed by atoms with Crippen molar-refractivity contribution in [1.29, 1.82) is 0 Å². The molecule has 0 spiro atoms. The first-order valence-corrected chi connectivity index (χ1v) is 15.6. The molecule has 13 heteroatoms. The summed E-state index contributed by atoms with van der Waals surface area (Å²) in [6.07, 6.45) is -0.262. The van der Waals surface area contributed by atoms with E-state index in [0.29, 0.717) is 36.3 Å². The average Bonchev–Trinajstić information content (AvgIpc) is 3.64. The molecule has 240 valence electrons. The number of nitrogens with zero attached hydrogens (tertiary/aromatic N) is 4. The van der Waals surface area contributed by atoms with E-state index >= 15 is 0 Å². The Balaban J connectivity index is 1.10. The van der Waals surface area contributed by atoms with E-state index in [9.17, 15) is 22.8 Å². The van der Waals surface area contributed by atoms with Gasteiger partial charge in [-0.2, -0.15) is 4.99 Å². The third kappa shape index (κ3) is 8.27. The summed E-state index contributed by atoms with van der Waals surface area (Å²) in [6, 6.07) is 18.7. The molecule has 0 aliphatic carbocycles. The van der Waals surface area contributed by atoms with Crippen molar-refractivity contribution in [3.05, 3.63) is 95.1 Å². The van der Waals surface area contributed by atoms with Gasteiger partial charge in [-0.1, -0.05) is 74.2 Å². The molecule has 0 unspecified atom stereocenters. The summed E-state index contributed by atoms with van der Waals surface area (Å²) in [6.45, 7) is 6.78. The van der Waals surface area contributed by atoms with Gasteiger partial charge in [0.1, 0.15) is 18.3 Å². The van der Waals surface area contributed by atoms with Crippen LogP contribution in [0, 0.1) is 6.92 Å². The Labute approximate surface area is 269 Å². The Bertz CT molecular complexity index is 1670. The van der Waals surface area contributed by atoms with Crippen LogP contribution in [0.25, 0.3) is 6.08 Å². The summed E-state index contributed by atoms with van der Waals surface area (Å²) in [5.74, 6) is 0.690. The topological polar surface area (TPSA) is 98.6 Å². The second-order valence-corrected chi connectivity index (χ2v) is 11.8. The maximum absolute atomic E-state index is 12.7. The number of carbonyl (C=O) groups is 2. The van der Waals surface area contributed by atoms with Crippen LogP contribution in [0.4, 0.5) is 29.3 Å².